The molecule has 0 N–H and O–H groups in total. The molecule has 0 amide bonds. The predicted octanol–water partition coefficient (Wildman–Crippen LogP) is 8.13. The monoisotopic (exact) mass is 527 g/mol. The van der Waals surface area contributed by atoms with Crippen LogP contribution in [0, 0.1) is 0 Å². The SMILES string of the molecule is c1ccc(-c2c(N3c4ccccc4B4c5ccccc5Oc5cccc3c54)ccc3c2sc2ccccc23)cc1. The number of hydrogen-bond acceptors (Lipinski definition) is 3. The van der Waals surface area contributed by atoms with Gasteiger partial charge in [0.1, 0.15) is 11.5 Å². The summed E-state index contributed by atoms with van der Waals surface area (Å²) in [5, 5.41) is 2.62. The fraction of sp³-hybridized carbons (Fsp3) is 0. The minimum absolute atomic E-state index is 0.122. The second-order valence-electron chi connectivity index (χ2n) is 10.5. The van der Waals surface area contributed by atoms with E-state index in [2.05, 4.69) is 138 Å². The third-order valence-corrected chi connectivity index (χ3v) is 9.54. The molecule has 3 heterocycles. The molecule has 2 nitrogen and oxygen atoms in total. The van der Waals surface area contributed by atoms with Crippen molar-refractivity contribution in [1.82, 2.24) is 0 Å². The highest BCUT2D eigenvalue weighted by atomic mass is 32.1. The highest BCUT2D eigenvalue weighted by molar-refractivity contribution is 7.26. The zero-order chi connectivity index (χ0) is 26.2. The first-order valence-corrected chi connectivity index (χ1v) is 14.5. The van der Waals surface area contributed by atoms with Gasteiger partial charge in [0.25, 0.3) is 6.71 Å². The van der Waals surface area contributed by atoms with E-state index in [0.717, 1.165) is 11.5 Å². The molecule has 0 fully saturated rings. The predicted molar refractivity (Wildman–Crippen MR) is 171 cm³/mol. The van der Waals surface area contributed by atoms with Crippen LogP contribution in [0.25, 0.3) is 31.3 Å². The summed E-state index contributed by atoms with van der Waals surface area (Å²) >= 11 is 1.88. The Hall–Kier alpha value is -4.80. The number of anilines is 3. The average Bonchev–Trinajstić information content (AvgIpc) is 3.40. The Bertz CT molecular complexity index is 2120. The Morgan fingerprint density at radius 2 is 1.25 bits per heavy atom. The molecule has 186 valence electrons. The molecule has 0 aliphatic carbocycles. The van der Waals surface area contributed by atoms with E-state index in [9.17, 15) is 0 Å². The van der Waals surface area contributed by atoms with E-state index in [4.69, 9.17) is 4.74 Å². The maximum Gasteiger partial charge on any atom is 0.256 e. The number of benzene rings is 6. The first-order valence-electron chi connectivity index (χ1n) is 13.7. The van der Waals surface area contributed by atoms with Crippen molar-refractivity contribution in [2.24, 2.45) is 0 Å². The molecule has 40 heavy (non-hydrogen) atoms. The molecule has 6 aromatic carbocycles. The number of para-hydroxylation sites is 2. The lowest BCUT2D eigenvalue weighted by atomic mass is 9.34. The molecule has 0 bridgehead atoms. The van der Waals surface area contributed by atoms with Gasteiger partial charge in [-0.2, -0.15) is 0 Å². The second kappa shape index (κ2) is 8.35. The third-order valence-electron chi connectivity index (χ3n) is 8.34. The van der Waals surface area contributed by atoms with E-state index < -0.39 is 0 Å². The topological polar surface area (TPSA) is 12.5 Å². The average molecular weight is 527 g/mol. The van der Waals surface area contributed by atoms with Crippen molar-refractivity contribution in [3.63, 3.8) is 0 Å². The quantitative estimate of drug-likeness (QED) is 0.211. The van der Waals surface area contributed by atoms with Gasteiger partial charge in [-0.1, -0.05) is 97.1 Å². The molecule has 0 spiro atoms. The fourth-order valence-corrected chi connectivity index (χ4v) is 7.96. The fourth-order valence-electron chi connectivity index (χ4n) is 6.69. The first kappa shape index (κ1) is 22.1. The van der Waals surface area contributed by atoms with Gasteiger partial charge in [-0.15, -0.1) is 11.3 Å². The van der Waals surface area contributed by atoms with E-state index in [0.29, 0.717) is 0 Å². The lowest BCUT2D eigenvalue weighted by molar-refractivity contribution is 0.487. The molecular formula is C36H22BNOS. The van der Waals surface area contributed by atoms with Crippen LogP contribution in [0.1, 0.15) is 0 Å². The van der Waals surface area contributed by atoms with E-state index in [1.54, 1.807) is 0 Å². The molecule has 9 rings (SSSR count). The van der Waals surface area contributed by atoms with Gasteiger partial charge < -0.3 is 9.64 Å². The van der Waals surface area contributed by atoms with Crippen molar-refractivity contribution in [2.75, 3.05) is 4.90 Å². The molecule has 0 saturated carbocycles. The van der Waals surface area contributed by atoms with Gasteiger partial charge in [0.15, 0.2) is 0 Å². The summed E-state index contributed by atoms with van der Waals surface area (Å²) in [7, 11) is 0. The van der Waals surface area contributed by atoms with Crippen molar-refractivity contribution < 1.29 is 4.74 Å². The van der Waals surface area contributed by atoms with Crippen LogP contribution in [0.3, 0.4) is 0 Å². The van der Waals surface area contributed by atoms with Crippen molar-refractivity contribution in [3.05, 3.63) is 133 Å². The zero-order valence-electron chi connectivity index (χ0n) is 21.5. The van der Waals surface area contributed by atoms with Crippen LogP contribution >= 0.6 is 11.3 Å². The van der Waals surface area contributed by atoms with Crippen LogP contribution in [-0.2, 0) is 0 Å². The van der Waals surface area contributed by atoms with Crippen LogP contribution in [0.4, 0.5) is 17.1 Å². The number of fused-ring (bicyclic) bond motifs is 7. The van der Waals surface area contributed by atoms with Crippen molar-refractivity contribution in [3.8, 4) is 22.6 Å². The minimum atomic E-state index is 0.122. The van der Waals surface area contributed by atoms with Gasteiger partial charge in [-0.05, 0) is 58.4 Å². The molecular weight excluding hydrogens is 505 g/mol. The molecule has 0 atom stereocenters. The number of ether oxygens (including phenoxy) is 1. The Balaban J connectivity index is 1.39. The van der Waals surface area contributed by atoms with Gasteiger partial charge in [0.05, 0.1) is 5.69 Å². The largest absolute Gasteiger partial charge is 0.458 e. The normalized spacial score (nSPS) is 13.1. The first-order chi connectivity index (χ1) is 19.9. The van der Waals surface area contributed by atoms with Crippen molar-refractivity contribution in [2.45, 2.75) is 0 Å². The summed E-state index contributed by atoms with van der Waals surface area (Å²) in [4.78, 5) is 2.47. The number of rotatable bonds is 2. The summed E-state index contributed by atoms with van der Waals surface area (Å²) in [5.74, 6) is 1.88. The lowest BCUT2D eigenvalue weighted by Gasteiger charge is -2.40. The Morgan fingerprint density at radius 3 is 2.17 bits per heavy atom. The standard InChI is InChI=1S/C36H22BNOS/c1-2-11-23(12-3-1)34-29(22-21-25-24-13-4-9-20-33(24)40-36(25)34)38-28-16-7-5-14-26(28)37-27-15-6-8-18-31(27)39-32-19-10-17-30(38)35(32)37/h1-22H. The number of hydrogen-bond donors (Lipinski definition) is 0. The minimum Gasteiger partial charge on any atom is -0.458 e. The molecule has 0 unspecified atom stereocenters. The van der Waals surface area contributed by atoms with Gasteiger partial charge in [0.2, 0.25) is 0 Å². The van der Waals surface area contributed by atoms with E-state index in [1.807, 2.05) is 11.3 Å². The third kappa shape index (κ3) is 3.00. The van der Waals surface area contributed by atoms with Gasteiger partial charge >= 0.3 is 0 Å². The van der Waals surface area contributed by atoms with Crippen LogP contribution in [0.2, 0.25) is 0 Å². The highest BCUT2D eigenvalue weighted by Crippen LogP contribution is 2.49. The summed E-state index contributed by atoms with van der Waals surface area (Å²) in [6.07, 6.45) is 0. The van der Waals surface area contributed by atoms with E-state index in [-0.39, 0.29) is 6.71 Å². The molecule has 7 aromatic rings. The smallest absolute Gasteiger partial charge is 0.256 e. The highest BCUT2D eigenvalue weighted by Gasteiger charge is 2.41. The summed E-state index contributed by atoms with van der Waals surface area (Å²) in [6.45, 7) is 0.122. The van der Waals surface area contributed by atoms with Gasteiger partial charge in [0, 0.05) is 37.1 Å². The molecule has 1 aromatic heterocycles. The number of thiophene rings is 1. The number of nitrogens with zero attached hydrogens (tertiary/aromatic N) is 1. The van der Waals surface area contributed by atoms with E-state index >= 15 is 0 Å². The Labute approximate surface area is 236 Å². The summed E-state index contributed by atoms with van der Waals surface area (Å²) in [5.41, 5.74) is 9.81. The van der Waals surface area contributed by atoms with Crippen molar-refractivity contribution >= 4 is 71.7 Å². The van der Waals surface area contributed by atoms with Crippen LogP contribution in [0.5, 0.6) is 11.5 Å². The summed E-state index contributed by atoms with van der Waals surface area (Å²) < 4.78 is 9.15. The van der Waals surface area contributed by atoms with Crippen LogP contribution < -0.4 is 26.0 Å². The van der Waals surface area contributed by atoms with E-state index in [1.165, 1.54) is 64.7 Å². The van der Waals surface area contributed by atoms with Crippen LogP contribution in [0.15, 0.2) is 133 Å². The zero-order valence-corrected chi connectivity index (χ0v) is 22.4. The van der Waals surface area contributed by atoms with Crippen molar-refractivity contribution in [1.29, 1.82) is 0 Å². The molecule has 0 radical (unpaired) electrons. The molecule has 0 saturated heterocycles. The van der Waals surface area contributed by atoms with Gasteiger partial charge in [-0.3, -0.25) is 0 Å². The molecule has 2 aliphatic heterocycles. The van der Waals surface area contributed by atoms with Gasteiger partial charge in [-0.25, -0.2) is 0 Å². The lowest BCUT2D eigenvalue weighted by Crippen LogP contribution is -2.59. The second-order valence-corrected chi connectivity index (χ2v) is 11.5. The molecule has 2 aliphatic rings. The maximum absolute atomic E-state index is 6.52. The Kier molecular flexibility index (Phi) is 4.61. The summed E-state index contributed by atoms with van der Waals surface area (Å²) in [6, 6.07) is 48.1. The Morgan fingerprint density at radius 1 is 0.525 bits per heavy atom. The molecule has 4 heteroatoms. The maximum atomic E-state index is 6.52. The van der Waals surface area contributed by atoms with Crippen LogP contribution in [-0.4, -0.2) is 6.71 Å².